The number of rotatable bonds is 6. The van der Waals surface area contributed by atoms with Crippen LogP contribution in [-0.4, -0.2) is 66.1 Å². The number of hydrogen-bond acceptors (Lipinski definition) is 5. The second-order valence-electron chi connectivity index (χ2n) is 6.98. The molecule has 154 valence electrons. The molecule has 7 nitrogen and oxygen atoms in total. The molecule has 7 heteroatoms. The molecule has 1 heterocycles. The molecule has 1 fully saturated rings. The van der Waals surface area contributed by atoms with Crippen LogP contribution in [0.3, 0.4) is 0 Å². The van der Waals surface area contributed by atoms with Crippen molar-refractivity contribution >= 4 is 11.8 Å². The summed E-state index contributed by atoms with van der Waals surface area (Å²) < 4.78 is 10.8. The van der Waals surface area contributed by atoms with Crippen molar-refractivity contribution in [3.8, 4) is 17.2 Å². The highest BCUT2D eigenvalue weighted by molar-refractivity contribution is 5.82. The summed E-state index contributed by atoms with van der Waals surface area (Å²) in [6.45, 7) is 3.68. The zero-order chi connectivity index (χ0) is 20.8. The molecule has 1 aliphatic heterocycles. The van der Waals surface area contributed by atoms with Crippen molar-refractivity contribution in [2.24, 2.45) is 0 Å². The van der Waals surface area contributed by atoms with Crippen LogP contribution < -0.4 is 9.47 Å². The average molecular weight is 398 g/mol. The highest BCUT2D eigenvalue weighted by Crippen LogP contribution is 2.18. The molecule has 1 N–H and O–H groups in total. The van der Waals surface area contributed by atoms with Crippen LogP contribution >= 0.6 is 0 Å². The van der Waals surface area contributed by atoms with Crippen LogP contribution in [0.15, 0.2) is 48.5 Å². The summed E-state index contributed by atoms with van der Waals surface area (Å²) in [5.74, 6) is 1.37. The lowest BCUT2D eigenvalue weighted by Crippen LogP contribution is -2.53. The summed E-state index contributed by atoms with van der Waals surface area (Å²) in [6.07, 6.45) is -0.306. The Labute approximate surface area is 170 Å². The summed E-state index contributed by atoms with van der Waals surface area (Å²) in [4.78, 5) is 28.7. The summed E-state index contributed by atoms with van der Waals surface area (Å²) in [5.41, 5.74) is 0.935. The molecule has 2 aromatic carbocycles. The van der Waals surface area contributed by atoms with Crippen molar-refractivity contribution in [1.82, 2.24) is 9.80 Å². The van der Waals surface area contributed by atoms with E-state index < -0.39 is 6.10 Å². The molecule has 0 bridgehead atoms. The van der Waals surface area contributed by atoms with Crippen LogP contribution in [0.1, 0.15) is 12.5 Å². The molecule has 2 aromatic rings. The minimum Gasteiger partial charge on any atom is -0.508 e. The van der Waals surface area contributed by atoms with Gasteiger partial charge in [-0.15, -0.1) is 0 Å². The van der Waals surface area contributed by atoms with Gasteiger partial charge < -0.3 is 24.4 Å². The fourth-order valence-electron chi connectivity index (χ4n) is 3.24. The zero-order valence-electron chi connectivity index (χ0n) is 16.7. The maximum absolute atomic E-state index is 12.6. The van der Waals surface area contributed by atoms with E-state index >= 15 is 0 Å². The van der Waals surface area contributed by atoms with Crippen molar-refractivity contribution in [2.75, 3.05) is 33.3 Å². The van der Waals surface area contributed by atoms with E-state index in [0.29, 0.717) is 38.3 Å². The Morgan fingerprint density at radius 1 is 0.931 bits per heavy atom. The third-order valence-electron chi connectivity index (χ3n) is 4.96. The molecular formula is C22H26N2O5. The Hall–Kier alpha value is -3.22. The first-order chi connectivity index (χ1) is 14.0. The Morgan fingerprint density at radius 2 is 1.48 bits per heavy atom. The van der Waals surface area contributed by atoms with Crippen LogP contribution in [0.4, 0.5) is 0 Å². The van der Waals surface area contributed by atoms with Gasteiger partial charge in [0.25, 0.3) is 5.91 Å². The molecular weight excluding hydrogens is 372 g/mol. The number of phenolic OH excluding ortho intramolecular Hbond substituents is 1. The largest absolute Gasteiger partial charge is 0.508 e. The van der Waals surface area contributed by atoms with E-state index in [0.717, 1.165) is 11.3 Å². The Morgan fingerprint density at radius 3 is 2.07 bits per heavy atom. The Balaban J connectivity index is 1.47. The maximum atomic E-state index is 12.6. The summed E-state index contributed by atoms with van der Waals surface area (Å²) in [6, 6.07) is 13.7. The SMILES string of the molecule is COc1ccc(CC(=O)N2CCN(C(=O)C(C)Oc3ccc(O)cc3)CC2)cc1. The maximum Gasteiger partial charge on any atom is 0.263 e. The van der Waals surface area contributed by atoms with Crippen LogP contribution in [0.5, 0.6) is 17.2 Å². The van der Waals surface area contributed by atoms with Gasteiger partial charge in [0, 0.05) is 26.2 Å². The van der Waals surface area contributed by atoms with Gasteiger partial charge in [-0.3, -0.25) is 9.59 Å². The minimum atomic E-state index is -0.638. The van der Waals surface area contributed by atoms with E-state index in [4.69, 9.17) is 9.47 Å². The number of methoxy groups -OCH3 is 1. The van der Waals surface area contributed by atoms with Gasteiger partial charge in [-0.1, -0.05) is 12.1 Å². The molecule has 1 atom stereocenters. The number of benzene rings is 2. The number of carbonyl (C=O) groups is 2. The molecule has 0 spiro atoms. The normalized spacial score (nSPS) is 15.0. The molecule has 0 aliphatic carbocycles. The number of piperazine rings is 1. The van der Waals surface area contributed by atoms with Crippen molar-refractivity contribution < 1.29 is 24.2 Å². The number of nitrogens with zero attached hydrogens (tertiary/aromatic N) is 2. The van der Waals surface area contributed by atoms with Gasteiger partial charge in [0.05, 0.1) is 13.5 Å². The Bertz CT molecular complexity index is 827. The number of amides is 2. The third kappa shape index (κ3) is 5.40. The van der Waals surface area contributed by atoms with Crippen LogP contribution in [0.25, 0.3) is 0 Å². The van der Waals surface area contributed by atoms with Gasteiger partial charge in [-0.05, 0) is 48.9 Å². The van der Waals surface area contributed by atoms with E-state index in [1.54, 1.807) is 36.0 Å². The van der Waals surface area contributed by atoms with Crippen molar-refractivity contribution in [3.63, 3.8) is 0 Å². The van der Waals surface area contributed by atoms with Crippen molar-refractivity contribution in [1.29, 1.82) is 0 Å². The van der Waals surface area contributed by atoms with Crippen molar-refractivity contribution in [2.45, 2.75) is 19.4 Å². The van der Waals surface area contributed by atoms with Crippen LogP contribution in [0.2, 0.25) is 0 Å². The minimum absolute atomic E-state index is 0.0515. The summed E-state index contributed by atoms with van der Waals surface area (Å²) in [7, 11) is 1.61. The van der Waals surface area contributed by atoms with Gasteiger partial charge >= 0.3 is 0 Å². The fourth-order valence-corrected chi connectivity index (χ4v) is 3.24. The monoisotopic (exact) mass is 398 g/mol. The molecule has 3 rings (SSSR count). The molecule has 1 saturated heterocycles. The first-order valence-electron chi connectivity index (χ1n) is 9.61. The quantitative estimate of drug-likeness (QED) is 0.806. The van der Waals surface area contributed by atoms with E-state index in [1.165, 1.54) is 12.1 Å². The van der Waals surface area contributed by atoms with Gasteiger partial charge in [0.1, 0.15) is 17.2 Å². The summed E-state index contributed by atoms with van der Waals surface area (Å²) in [5, 5.41) is 9.32. The number of carbonyl (C=O) groups excluding carboxylic acids is 2. The highest BCUT2D eigenvalue weighted by Gasteiger charge is 2.27. The number of hydrogen-bond donors (Lipinski definition) is 1. The topological polar surface area (TPSA) is 79.3 Å². The molecule has 0 saturated carbocycles. The average Bonchev–Trinajstić information content (AvgIpc) is 2.75. The van der Waals surface area contributed by atoms with Gasteiger partial charge in [-0.25, -0.2) is 0 Å². The lowest BCUT2D eigenvalue weighted by molar-refractivity contribution is -0.143. The first kappa shape index (κ1) is 20.5. The second kappa shape index (κ2) is 9.32. The van der Waals surface area contributed by atoms with Gasteiger partial charge in [0.2, 0.25) is 5.91 Å². The van der Waals surface area contributed by atoms with Crippen LogP contribution in [-0.2, 0) is 16.0 Å². The predicted octanol–water partition coefficient (Wildman–Crippen LogP) is 2.08. The van der Waals surface area contributed by atoms with Gasteiger partial charge in [0.15, 0.2) is 6.10 Å². The van der Waals surface area contributed by atoms with E-state index in [1.807, 2.05) is 24.3 Å². The lowest BCUT2D eigenvalue weighted by Gasteiger charge is -2.36. The standard InChI is InChI=1S/C22H26N2O5/c1-16(29-20-9-5-18(25)6-10-20)22(27)24-13-11-23(12-14-24)21(26)15-17-3-7-19(28-2)8-4-17/h3-10,16,25H,11-15H2,1-2H3. The number of phenols is 1. The molecule has 1 unspecified atom stereocenters. The van der Waals surface area contributed by atoms with E-state index in [-0.39, 0.29) is 17.6 Å². The fraction of sp³-hybridized carbons (Fsp3) is 0.364. The third-order valence-corrected chi connectivity index (χ3v) is 4.96. The zero-order valence-corrected chi connectivity index (χ0v) is 16.7. The van der Waals surface area contributed by atoms with E-state index in [9.17, 15) is 14.7 Å². The van der Waals surface area contributed by atoms with Crippen molar-refractivity contribution in [3.05, 3.63) is 54.1 Å². The van der Waals surface area contributed by atoms with Gasteiger partial charge in [-0.2, -0.15) is 0 Å². The second-order valence-corrected chi connectivity index (χ2v) is 6.98. The van der Waals surface area contributed by atoms with E-state index in [2.05, 4.69) is 0 Å². The molecule has 1 aliphatic rings. The number of aromatic hydroxyl groups is 1. The molecule has 0 aromatic heterocycles. The predicted molar refractivity (Wildman–Crippen MR) is 108 cm³/mol. The van der Waals surface area contributed by atoms with Crippen LogP contribution in [0, 0.1) is 0 Å². The summed E-state index contributed by atoms with van der Waals surface area (Å²) >= 11 is 0. The Kier molecular flexibility index (Phi) is 6.59. The lowest BCUT2D eigenvalue weighted by atomic mass is 10.1. The molecule has 2 amide bonds. The molecule has 29 heavy (non-hydrogen) atoms. The highest BCUT2D eigenvalue weighted by atomic mass is 16.5. The first-order valence-corrected chi connectivity index (χ1v) is 9.61. The number of ether oxygens (including phenoxy) is 2. The molecule has 0 radical (unpaired) electrons. The smallest absolute Gasteiger partial charge is 0.263 e.